The summed E-state index contributed by atoms with van der Waals surface area (Å²) in [5, 5.41) is 9.31. The molecule has 0 radical (unpaired) electrons. The van der Waals surface area contributed by atoms with Gasteiger partial charge in [0.2, 0.25) is 5.91 Å². The van der Waals surface area contributed by atoms with Gasteiger partial charge in [-0.1, -0.05) is 24.3 Å². The molecule has 6 nitrogen and oxygen atoms in total. The predicted octanol–water partition coefficient (Wildman–Crippen LogP) is 1.40. The maximum absolute atomic E-state index is 12.3. The highest BCUT2D eigenvalue weighted by molar-refractivity contribution is 5.78. The SMILES string of the molecule is CC1NCCCC1NC(=O)CCNC(=O)N1CCc2ccccc2C1. The van der Waals surface area contributed by atoms with Crippen molar-refractivity contribution in [2.75, 3.05) is 19.6 Å². The summed E-state index contributed by atoms with van der Waals surface area (Å²) in [6.07, 6.45) is 3.30. The van der Waals surface area contributed by atoms with Gasteiger partial charge in [0.05, 0.1) is 0 Å². The Labute approximate surface area is 149 Å². The third-order valence-corrected chi connectivity index (χ3v) is 5.15. The number of fused-ring (bicyclic) bond motifs is 1. The number of rotatable bonds is 4. The zero-order chi connectivity index (χ0) is 17.6. The van der Waals surface area contributed by atoms with Crippen LogP contribution in [-0.2, 0) is 17.8 Å². The average Bonchev–Trinajstić information content (AvgIpc) is 2.63. The highest BCUT2D eigenvalue weighted by Gasteiger charge is 2.23. The van der Waals surface area contributed by atoms with Gasteiger partial charge >= 0.3 is 6.03 Å². The Kier molecular flexibility index (Phi) is 5.91. The highest BCUT2D eigenvalue weighted by atomic mass is 16.2. The normalized spacial score (nSPS) is 22.8. The van der Waals surface area contributed by atoms with Crippen LogP contribution >= 0.6 is 0 Å². The van der Waals surface area contributed by atoms with Crippen molar-refractivity contribution in [1.29, 1.82) is 0 Å². The molecule has 3 N–H and O–H groups in total. The molecule has 2 aliphatic heterocycles. The van der Waals surface area contributed by atoms with E-state index in [0.717, 1.165) is 32.4 Å². The first-order valence-corrected chi connectivity index (χ1v) is 9.26. The molecule has 0 aromatic heterocycles. The summed E-state index contributed by atoms with van der Waals surface area (Å²) in [5.41, 5.74) is 2.53. The fraction of sp³-hybridized carbons (Fsp3) is 0.579. The maximum Gasteiger partial charge on any atom is 0.317 e. The van der Waals surface area contributed by atoms with Gasteiger partial charge < -0.3 is 20.9 Å². The molecule has 6 heteroatoms. The molecule has 1 saturated heterocycles. The number of amides is 3. The molecule has 2 aliphatic rings. The number of carbonyl (C=O) groups excluding carboxylic acids is 2. The summed E-state index contributed by atoms with van der Waals surface area (Å²) in [6, 6.07) is 8.64. The van der Waals surface area contributed by atoms with E-state index in [9.17, 15) is 9.59 Å². The van der Waals surface area contributed by atoms with Gasteiger partial charge in [-0.15, -0.1) is 0 Å². The number of hydrogen-bond donors (Lipinski definition) is 3. The van der Waals surface area contributed by atoms with Gasteiger partial charge in [-0.3, -0.25) is 4.79 Å². The van der Waals surface area contributed by atoms with Crippen LogP contribution < -0.4 is 16.0 Å². The van der Waals surface area contributed by atoms with Crippen molar-refractivity contribution in [2.45, 2.75) is 51.2 Å². The summed E-state index contributed by atoms with van der Waals surface area (Å²) in [5.74, 6) is 0.00448. The second-order valence-corrected chi connectivity index (χ2v) is 6.98. The van der Waals surface area contributed by atoms with Crippen molar-refractivity contribution in [3.63, 3.8) is 0 Å². The fourth-order valence-electron chi connectivity index (χ4n) is 3.58. The van der Waals surface area contributed by atoms with Crippen LogP contribution in [0.4, 0.5) is 4.79 Å². The zero-order valence-corrected chi connectivity index (χ0v) is 14.9. The van der Waals surface area contributed by atoms with Crippen LogP contribution in [0.1, 0.15) is 37.3 Å². The van der Waals surface area contributed by atoms with Crippen molar-refractivity contribution in [3.05, 3.63) is 35.4 Å². The first-order chi connectivity index (χ1) is 12.1. The van der Waals surface area contributed by atoms with Crippen molar-refractivity contribution in [2.24, 2.45) is 0 Å². The van der Waals surface area contributed by atoms with E-state index in [2.05, 4.69) is 35.0 Å². The lowest BCUT2D eigenvalue weighted by Crippen LogP contribution is -2.52. The molecule has 25 heavy (non-hydrogen) atoms. The Morgan fingerprint density at radius 3 is 2.88 bits per heavy atom. The third-order valence-electron chi connectivity index (χ3n) is 5.15. The monoisotopic (exact) mass is 344 g/mol. The first kappa shape index (κ1) is 17.7. The highest BCUT2D eigenvalue weighted by Crippen LogP contribution is 2.18. The Balaban J connectivity index is 1.39. The molecular formula is C19H28N4O2. The first-order valence-electron chi connectivity index (χ1n) is 9.26. The van der Waals surface area contributed by atoms with Crippen molar-refractivity contribution < 1.29 is 9.59 Å². The van der Waals surface area contributed by atoms with E-state index in [1.165, 1.54) is 11.1 Å². The Bertz CT molecular complexity index is 619. The fourth-order valence-corrected chi connectivity index (χ4v) is 3.58. The average molecular weight is 344 g/mol. The van der Waals surface area contributed by atoms with E-state index in [1.807, 2.05) is 17.0 Å². The molecule has 0 bridgehead atoms. The largest absolute Gasteiger partial charge is 0.352 e. The van der Waals surface area contributed by atoms with Crippen LogP contribution in [0.3, 0.4) is 0 Å². The smallest absolute Gasteiger partial charge is 0.317 e. The number of benzene rings is 1. The lowest BCUT2D eigenvalue weighted by Gasteiger charge is -2.31. The topological polar surface area (TPSA) is 73.5 Å². The molecular weight excluding hydrogens is 316 g/mol. The summed E-state index contributed by atoms with van der Waals surface area (Å²) >= 11 is 0. The number of nitrogens with zero attached hydrogens (tertiary/aromatic N) is 1. The third kappa shape index (κ3) is 4.72. The van der Waals surface area contributed by atoms with Gasteiger partial charge in [0.15, 0.2) is 0 Å². The molecule has 1 aromatic carbocycles. The summed E-state index contributed by atoms with van der Waals surface area (Å²) in [7, 11) is 0. The molecule has 2 unspecified atom stereocenters. The second kappa shape index (κ2) is 8.34. The molecule has 136 valence electrons. The number of nitrogens with one attached hydrogen (secondary N) is 3. The lowest BCUT2D eigenvalue weighted by atomic mass is 10.00. The molecule has 3 rings (SSSR count). The van der Waals surface area contributed by atoms with Gasteiger partial charge in [0.25, 0.3) is 0 Å². The van der Waals surface area contributed by atoms with Crippen molar-refractivity contribution in [1.82, 2.24) is 20.9 Å². The van der Waals surface area contributed by atoms with Crippen LogP contribution in [0, 0.1) is 0 Å². The maximum atomic E-state index is 12.3. The van der Waals surface area contributed by atoms with E-state index >= 15 is 0 Å². The summed E-state index contributed by atoms with van der Waals surface area (Å²) in [4.78, 5) is 26.2. The molecule has 0 aliphatic carbocycles. The Hall–Kier alpha value is -2.08. The minimum absolute atomic E-state index is 0.00448. The minimum atomic E-state index is -0.0880. The van der Waals surface area contributed by atoms with Gasteiger partial charge in [0.1, 0.15) is 0 Å². The van der Waals surface area contributed by atoms with Gasteiger partial charge in [-0.25, -0.2) is 4.79 Å². The Morgan fingerprint density at radius 2 is 2.08 bits per heavy atom. The van der Waals surface area contributed by atoms with E-state index in [0.29, 0.717) is 25.6 Å². The Morgan fingerprint density at radius 1 is 1.28 bits per heavy atom. The molecule has 1 fully saturated rings. The molecule has 0 spiro atoms. The van der Waals surface area contributed by atoms with Gasteiger partial charge in [0, 0.05) is 38.1 Å². The molecule has 0 saturated carbocycles. The van der Waals surface area contributed by atoms with E-state index in [4.69, 9.17) is 0 Å². The minimum Gasteiger partial charge on any atom is -0.352 e. The predicted molar refractivity (Wildman–Crippen MR) is 97.2 cm³/mol. The van der Waals surface area contributed by atoms with Gasteiger partial charge in [-0.05, 0) is 43.9 Å². The van der Waals surface area contributed by atoms with E-state index in [1.54, 1.807) is 0 Å². The van der Waals surface area contributed by atoms with Crippen LogP contribution in [0.15, 0.2) is 24.3 Å². The van der Waals surface area contributed by atoms with E-state index < -0.39 is 0 Å². The van der Waals surface area contributed by atoms with Crippen LogP contribution in [0.5, 0.6) is 0 Å². The number of carbonyl (C=O) groups is 2. The lowest BCUT2D eigenvalue weighted by molar-refractivity contribution is -0.122. The number of urea groups is 1. The van der Waals surface area contributed by atoms with Crippen molar-refractivity contribution >= 4 is 11.9 Å². The molecule has 2 atom stereocenters. The molecule has 3 amide bonds. The standard InChI is InChI=1S/C19H28N4O2/c1-14-17(7-4-10-20-14)22-18(24)8-11-21-19(25)23-12-9-15-5-2-3-6-16(15)13-23/h2-3,5-6,14,17,20H,4,7-13H2,1H3,(H,21,25)(H,22,24). The van der Waals surface area contributed by atoms with Crippen LogP contribution in [-0.4, -0.2) is 48.6 Å². The van der Waals surface area contributed by atoms with Crippen LogP contribution in [0.2, 0.25) is 0 Å². The van der Waals surface area contributed by atoms with E-state index in [-0.39, 0.29) is 18.0 Å². The number of piperidine rings is 1. The van der Waals surface area contributed by atoms with Crippen molar-refractivity contribution in [3.8, 4) is 0 Å². The second-order valence-electron chi connectivity index (χ2n) is 6.98. The van der Waals surface area contributed by atoms with Gasteiger partial charge in [-0.2, -0.15) is 0 Å². The zero-order valence-electron chi connectivity index (χ0n) is 14.9. The quantitative estimate of drug-likeness (QED) is 0.773. The number of hydrogen-bond acceptors (Lipinski definition) is 3. The molecule has 1 aromatic rings. The molecule has 2 heterocycles. The van der Waals surface area contributed by atoms with Crippen LogP contribution in [0.25, 0.3) is 0 Å². The summed E-state index contributed by atoms with van der Waals surface area (Å²) < 4.78 is 0. The summed E-state index contributed by atoms with van der Waals surface area (Å²) in [6.45, 7) is 4.85.